The molecule has 1 amide bonds. The topological polar surface area (TPSA) is 67.0 Å². The molecule has 0 bridgehead atoms. The van der Waals surface area contributed by atoms with Gasteiger partial charge in [-0.3, -0.25) is 9.89 Å². The van der Waals surface area contributed by atoms with E-state index in [0.29, 0.717) is 16.4 Å². The molecule has 0 radical (unpaired) electrons. The number of H-pyrrole nitrogens is 1. The number of nitrogens with zero attached hydrogens (tertiary/aromatic N) is 1. The number of hydrogen-bond donors (Lipinski definition) is 2. The van der Waals surface area contributed by atoms with Gasteiger partial charge >= 0.3 is 0 Å². The van der Waals surface area contributed by atoms with Crippen molar-refractivity contribution >= 4 is 35.0 Å². The van der Waals surface area contributed by atoms with Gasteiger partial charge in [0.1, 0.15) is 11.4 Å². The van der Waals surface area contributed by atoms with E-state index in [4.69, 9.17) is 16.3 Å². The Hall–Kier alpha value is -3.22. The van der Waals surface area contributed by atoms with Crippen LogP contribution in [0.15, 0.2) is 88.7 Å². The van der Waals surface area contributed by atoms with Gasteiger partial charge in [-0.1, -0.05) is 47.6 Å². The Morgan fingerprint density at radius 2 is 1.83 bits per heavy atom. The molecule has 0 saturated heterocycles. The van der Waals surface area contributed by atoms with Crippen molar-refractivity contribution < 1.29 is 9.53 Å². The van der Waals surface area contributed by atoms with Crippen molar-refractivity contribution in [3.63, 3.8) is 0 Å². The fourth-order valence-electron chi connectivity index (χ4n) is 2.85. The summed E-state index contributed by atoms with van der Waals surface area (Å²) in [5, 5.41) is 10.7. The minimum absolute atomic E-state index is 0.263. The molecule has 4 aromatic rings. The number of anilines is 1. The van der Waals surface area contributed by atoms with E-state index in [1.165, 1.54) is 0 Å². The van der Waals surface area contributed by atoms with Gasteiger partial charge in [-0.2, -0.15) is 5.10 Å². The molecular formula is C23H18ClN3O2S. The van der Waals surface area contributed by atoms with Crippen molar-refractivity contribution in [2.45, 2.75) is 9.79 Å². The second-order valence-electron chi connectivity index (χ2n) is 6.41. The Balaban J connectivity index is 1.52. The van der Waals surface area contributed by atoms with Crippen LogP contribution in [0.4, 0.5) is 5.69 Å². The quantitative estimate of drug-likeness (QED) is 0.381. The molecule has 1 heterocycles. The van der Waals surface area contributed by atoms with E-state index in [9.17, 15) is 4.79 Å². The molecule has 0 spiro atoms. The van der Waals surface area contributed by atoms with Crippen LogP contribution < -0.4 is 10.1 Å². The zero-order valence-electron chi connectivity index (χ0n) is 16.1. The molecule has 0 atom stereocenters. The molecule has 0 aliphatic rings. The molecule has 0 aliphatic heterocycles. The Morgan fingerprint density at radius 1 is 1.03 bits per heavy atom. The van der Waals surface area contributed by atoms with E-state index in [-0.39, 0.29) is 5.91 Å². The lowest BCUT2D eigenvalue weighted by molar-refractivity contribution is 0.102. The molecule has 0 saturated carbocycles. The second kappa shape index (κ2) is 9.07. The summed E-state index contributed by atoms with van der Waals surface area (Å²) in [4.78, 5) is 14.8. The fraction of sp³-hybridized carbons (Fsp3) is 0.0435. The molecule has 0 aliphatic carbocycles. The van der Waals surface area contributed by atoms with Crippen molar-refractivity contribution in [3.8, 4) is 17.0 Å². The van der Waals surface area contributed by atoms with Gasteiger partial charge in [0.25, 0.3) is 5.91 Å². The number of benzene rings is 3. The smallest absolute Gasteiger partial charge is 0.273 e. The van der Waals surface area contributed by atoms with E-state index in [0.717, 1.165) is 26.8 Å². The number of carbonyl (C=O) groups excluding carboxylic acids is 1. The largest absolute Gasteiger partial charge is 0.497 e. The van der Waals surface area contributed by atoms with Crippen LogP contribution in [0.3, 0.4) is 0 Å². The monoisotopic (exact) mass is 435 g/mol. The second-order valence-corrected chi connectivity index (χ2v) is 7.96. The number of halogens is 1. The van der Waals surface area contributed by atoms with Crippen LogP contribution in [-0.4, -0.2) is 23.2 Å². The number of rotatable bonds is 6. The highest BCUT2D eigenvalue weighted by molar-refractivity contribution is 7.99. The van der Waals surface area contributed by atoms with E-state index in [2.05, 4.69) is 15.5 Å². The maximum atomic E-state index is 12.8. The van der Waals surface area contributed by atoms with Gasteiger partial charge in [-0.15, -0.1) is 0 Å². The van der Waals surface area contributed by atoms with Crippen LogP contribution in [-0.2, 0) is 0 Å². The SMILES string of the molecule is COc1cccc(-c2cc(C(=O)Nc3ccccc3Sc3ccc(Cl)cc3)[nH]n2)c1. The summed E-state index contributed by atoms with van der Waals surface area (Å²) in [6, 6.07) is 24.5. The molecule has 0 unspecified atom stereocenters. The third-order valence-corrected chi connectivity index (χ3v) is 5.70. The number of nitrogens with one attached hydrogen (secondary N) is 2. The molecule has 3 aromatic carbocycles. The van der Waals surface area contributed by atoms with E-state index in [1.54, 1.807) is 24.9 Å². The first-order chi connectivity index (χ1) is 14.6. The molecule has 30 heavy (non-hydrogen) atoms. The van der Waals surface area contributed by atoms with Crippen molar-refractivity contribution in [1.82, 2.24) is 10.2 Å². The van der Waals surface area contributed by atoms with Gasteiger partial charge in [0.15, 0.2) is 0 Å². The minimum Gasteiger partial charge on any atom is -0.497 e. The van der Waals surface area contributed by atoms with Gasteiger partial charge in [0, 0.05) is 20.4 Å². The molecular weight excluding hydrogens is 418 g/mol. The predicted octanol–water partition coefficient (Wildman–Crippen LogP) is 6.14. The standard InChI is InChI=1S/C23H18ClN3O2S/c1-29-17-6-4-5-15(13-17)20-14-21(27-26-20)23(28)25-19-7-2-3-8-22(19)30-18-11-9-16(24)10-12-18/h2-14H,1H3,(H,25,28)(H,26,27). The Labute approximate surface area is 183 Å². The maximum Gasteiger partial charge on any atom is 0.273 e. The highest BCUT2D eigenvalue weighted by atomic mass is 35.5. The predicted molar refractivity (Wildman–Crippen MR) is 121 cm³/mol. The Kier molecular flexibility index (Phi) is 6.07. The van der Waals surface area contributed by atoms with Gasteiger partial charge in [0.2, 0.25) is 0 Å². The van der Waals surface area contributed by atoms with Crippen molar-refractivity contribution in [3.05, 3.63) is 89.6 Å². The number of amides is 1. The number of aromatic nitrogens is 2. The van der Waals surface area contributed by atoms with E-state index >= 15 is 0 Å². The molecule has 2 N–H and O–H groups in total. The van der Waals surface area contributed by atoms with Crippen molar-refractivity contribution in [2.75, 3.05) is 12.4 Å². The number of ether oxygens (including phenoxy) is 1. The zero-order valence-corrected chi connectivity index (χ0v) is 17.6. The normalized spacial score (nSPS) is 10.6. The summed E-state index contributed by atoms with van der Waals surface area (Å²) in [6.07, 6.45) is 0. The van der Waals surface area contributed by atoms with Gasteiger partial charge in [-0.25, -0.2) is 0 Å². The Morgan fingerprint density at radius 3 is 2.63 bits per heavy atom. The highest BCUT2D eigenvalue weighted by Crippen LogP contribution is 2.34. The maximum absolute atomic E-state index is 12.8. The van der Waals surface area contributed by atoms with Gasteiger partial charge in [0.05, 0.1) is 18.5 Å². The summed E-state index contributed by atoms with van der Waals surface area (Å²) in [7, 11) is 1.61. The zero-order chi connectivity index (χ0) is 20.9. The van der Waals surface area contributed by atoms with E-state index in [1.807, 2.05) is 72.8 Å². The highest BCUT2D eigenvalue weighted by Gasteiger charge is 2.14. The first kappa shape index (κ1) is 20.1. The summed E-state index contributed by atoms with van der Waals surface area (Å²) >= 11 is 7.52. The molecule has 0 fully saturated rings. The van der Waals surface area contributed by atoms with Gasteiger partial charge < -0.3 is 10.1 Å². The number of hydrogen-bond acceptors (Lipinski definition) is 4. The number of methoxy groups -OCH3 is 1. The lowest BCUT2D eigenvalue weighted by Crippen LogP contribution is -2.12. The first-order valence-corrected chi connectivity index (χ1v) is 10.4. The molecule has 5 nitrogen and oxygen atoms in total. The molecule has 7 heteroatoms. The molecule has 150 valence electrons. The summed E-state index contributed by atoms with van der Waals surface area (Å²) in [5.74, 6) is 0.468. The van der Waals surface area contributed by atoms with Gasteiger partial charge in [-0.05, 0) is 54.6 Å². The lowest BCUT2D eigenvalue weighted by Gasteiger charge is -2.10. The summed E-state index contributed by atoms with van der Waals surface area (Å²) in [6.45, 7) is 0. The van der Waals surface area contributed by atoms with E-state index < -0.39 is 0 Å². The number of carbonyl (C=O) groups is 1. The summed E-state index contributed by atoms with van der Waals surface area (Å²) in [5.41, 5.74) is 2.63. The van der Waals surface area contributed by atoms with Crippen LogP contribution in [0.2, 0.25) is 5.02 Å². The average Bonchev–Trinajstić information content (AvgIpc) is 3.27. The average molecular weight is 436 g/mol. The van der Waals surface area contributed by atoms with Crippen LogP contribution in [0.25, 0.3) is 11.3 Å². The van der Waals surface area contributed by atoms with Crippen LogP contribution in [0, 0.1) is 0 Å². The first-order valence-electron chi connectivity index (χ1n) is 9.16. The summed E-state index contributed by atoms with van der Waals surface area (Å²) < 4.78 is 5.25. The van der Waals surface area contributed by atoms with Crippen LogP contribution >= 0.6 is 23.4 Å². The minimum atomic E-state index is -0.263. The third kappa shape index (κ3) is 4.67. The Bertz CT molecular complexity index is 1180. The molecule has 1 aromatic heterocycles. The number of aromatic amines is 1. The molecule has 4 rings (SSSR count). The lowest BCUT2D eigenvalue weighted by atomic mass is 10.1. The van der Waals surface area contributed by atoms with Crippen LogP contribution in [0.1, 0.15) is 10.5 Å². The van der Waals surface area contributed by atoms with Crippen LogP contribution in [0.5, 0.6) is 5.75 Å². The third-order valence-electron chi connectivity index (χ3n) is 4.36. The van der Waals surface area contributed by atoms with Crippen molar-refractivity contribution in [2.24, 2.45) is 0 Å². The fourth-order valence-corrected chi connectivity index (χ4v) is 3.87. The number of para-hydroxylation sites is 1. The van der Waals surface area contributed by atoms with Crippen molar-refractivity contribution in [1.29, 1.82) is 0 Å².